The van der Waals surface area contributed by atoms with Gasteiger partial charge in [0.05, 0.1) is 12.7 Å². The second kappa shape index (κ2) is 5.99. The molecule has 0 radical (unpaired) electrons. The van der Waals surface area contributed by atoms with Crippen molar-refractivity contribution in [2.24, 2.45) is 0 Å². The molecular weight excluding hydrogens is 240 g/mol. The fraction of sp³-hybridized carbons (Fsp3) is 0.333. The Morgan fingerprint density at radius 2 is 2.07 bits per heavy atom. The van der Waals surface area contributed by atoms with Gasteiger partial charge in [-0.05, 0) is 24.1 Å². The first-order valence-corrected chi connectivity index (χ1v) is 5.55. The molecule has 0 heterocycles. The van der Waals surface area contributed by atoms with Crippen LogP contribution < -0.4 is 0 Å². The predicted octanol–water partition coefficient (Wildman–Crippen LogP) is 4.10. The lowest BCUT2D eigenvalue weighted by atomic mass is 10.1. The molecule has 1 nitrogen and oxygen atoms in total. The zero-order valence-electron chi connectivity index (χ0n) is 8.37. The number of rotatable bonds is 5. The van der Waals surface area contributed by atoms with Crippen LogP contribution in [0.4, 0.5) is 0 Å². The van der Waals surface area contributed by atoms with E-state index >= 15 is 0 Å². The molecular formula is C12H15BrO. The fourth-order valence-corrected chi connectivity index (χ4v) is 1.58. The molecule has 0 aromatic heterocycles. The summed E-state index contributed by atoms with van der Waals surface area (Å²) >= 11 is 3.41. The Morgan fingerprint density at radius 1 is 1.43 bits per heavy atom. The smallest absolute Gasteiger partial charge is 0.0826 e. The van der Waals surface area contributed by atoms with Gasteiger partial charge in [-0.3, -0.25) is 0 Å². The van der Waals surface area contributed by atoms with E-state index in [4.69, 9.17) is 4.74 Å². The minimum atomic E-state index is 0.182. The Labute approximate surface area is 93.9 Å². The summed E-state index contributed by atoms with van der Waals surface area (Å²) in [6.07, 6.45) is 2.94. The van der Waals surface area contributed by atoms with Crippen molar-refractivity contribution in [3.05, 3.63) is 47.0 Å². The summed E-state index contributed by atoms with van der Waals surface area (Å²) in [6.45, 7) is 6.37. The van der Waals surface area contributed by atoms with Crippen LogP contribution in [0, 0.1) is 0 Å². The Kier molecular flexibility index (Phi) is 4.91. The normalized spacial score (nSPS) is 12.4. The molecule has 1 rings (SSSR count). The number of benzene rings is 1. The molecule has 0 bridgehead atoms. The molecule has 0 spiro atoms. The highest BCUT2D eigenvalue weighted by Gasteiger charge is 2.07. The van der Waals surface area contributed by atoms with Gasteiger partial charge >= 0.3 is 0 Å². The van der Waals surface area contributed by atoms with Crippen LogP contribution >= 0.6 is 15.9 Å². The van der Waals surface area contributed by atoms with E-state index in [0.29, 0.717) is 6.61 Å². The highest BCUT2D eigenvalue weighted by molar-refractivity contribution is 9.10. The minimum absolute atomic E-state index is 0.182. The van der Waals surface area contributed by atoms with Crippen LogP contribution in [-0.2, 0) is 4.74 Å². The Hall–Kier alpha value is -0.600. The molecule has 1 aromatic rings. The lowest BCUT2D eigenvalue weighted by molar-refractivity contribution is 0.0714. The third-order valence-electron chi connectivity index (χ3n) is 2.03. The van der Waals surface area contributed by atoms with Gasteiger partial charge in [0, 0.05) is 4.47 Å². The molecule has 1 aromatic carbocycles. The van der Waals surface area contributed by atoms with E-state index in [1.807, 2.05) is 12.1 Å². The van der Waals surface area contributed by atoms with Crippen LogP contribution in [-0.4, -0.2) is 6.61 Å². The molecule has 1 unspecified atom stereocenters. The van der Waals surface area contributed by atoms with Crippen LogP contribution in [0.25, 0.3) is 0 Å². The van der Waals surface area contributed by atoms with Gasteiger partial charge in [0.1, 0.15) is 0 Å². The molecule has 0 saturated heterocycles. The molecule has 0 amide bonds. The van der Waals surface area contributed by atoms with Crippen LogP contribution in [0.15, 0.2) is 41.4 Å². The second-order valence-corrected chi connectivity index (χ2v) is 3.99. The standard InChI is InChI=1S/C12H15BrO/c1-3-9-14-12(4-2)10-5-7-11(13)8-6-10/h3,5-8,12H,1,4,9H2,2H3. The maximum absolute atomic E-state index is 5.63. The van der Waals surface area contributed by atoms with Gasteiger partial charge in [0.25, 0.3) is 0 Å². The number of halogens is 1. The van der Waals surface area contributed by atoms with E-state index in [-0.39, 0.29) is 6.10 Å². The van der Waals surface area contributed by atoms with Crippen molar-refractivity contribution in [1.29, 1.82) is 0 Å². The zero-order chi connectivity index (χ0) is 10.4. The van der Waals surface area contributed by atoms with E-state index in [0.717, 1.165) is 10.9 Å². The molecule has 2 heteroatoms. The molecule has 14 heavy (non-hydrogen) atoms. The summed E-state index contributed by atoms with van der Waals surface area (Å²) in [5.74, 6) is 0. The summed E-state index contributed by atoms with van der Waals surface area (Å²) in [5.41, 5.74) is 1.22. The number of hydrogen-bond donors (Lipinski definition) is 0. The Bertz CT molecular complexity index is 279. The highest BCUT2D eigenvalue weighted by atomic mass is 79.9. The largest absolute Gasteiger partial charge is 0.370 e. The first kappa shape index (κ1) is 11.5. The van der Waals surface area contributed by atoms with Crippen molar-refractivity contribution in [3.8, 4) is 0 Å². The summed E-state index contributed by atoms with van der Waals surface area (Å²) in [4.78, 5) is 0. The third-order valence-corrected chi connectivity index (χ3v) is 2.56. The van der Waals surface area contributed by atoms with Crippen molar-refractivity contribution in [2.75, 3.05) is 6.61 Å². The van der Waals surface area contributed by atoms with Gasteiger partial charge in [0.2, 0.25) is 0 Å². The summed E-state index contributed by atoms with van der Waals surface area (Å²) in [5, 5.41) is 0. The van der Waals surface area contributed by atoms with Gasteiger partial charge in [-0.25, -0.2) is 0 Å². The predicted molar refractivity (Wildman–Crippen MR) is 63.3 cm³/mol. The fourth-order valence-electron chi connectivity index (χ4n) is 1.31. The Balaban J connectivity index is 2.68. The average Bonchev–Trinajstić information content (AvgIpc) is 2.21. The van der Waals surface area contributed by atoms with Crippen molar-refractivity contribution in [3.63, 3.8) is 0 Å². The van der Waals surface area contributed by atoms with Crippen LogP contribution in [0.3, 0.4) is 0 Å². The first-order valence-electron chi connectivity index (χ1n) is 4.76. The Morgan fingerprint density at radius 3 is 2.57 bits per heavy atom. The van der Waals surface area contributed by atoms with Crippen molar-refractivity contribution >= 4 is 15.9 Å². The first-order chi connectivity index (χ1) is 6.77. The van der Waals surface area contributed by atoms with Gasteiger partial charge in [-0.1, -0.05) is 41.1 Å². The van der Waals surface area contributed by atoms with Crippen LogP contribution in [0.5, 0.6) is 0 Å². The molecule has 0 N–H and O–H groups in total. The minimum Gasteiger partial charge on any atom is -0.370 e. The van der Waals surface area contributed by atoms with Gasteiger partial charge < -0.3 is 4.74 Å². The van der Waals surface area contributed by atoms with Crippen LogP contribution in [0.2, 0.25) is 0 Å². The van der Waals surface area contributed by atoms with E-state index < -0.39 is 0 Å². The van der Waals surface area contributed by atoms with Crippen molar-refractivity contribution < 1.29 is 4.74 Å². The van der Waals surface area contributed by atoms with Crippen molar-refractivity contribution in [2.45, 2.75) is 19.4 Å². The monoisotopic (exact) mass is 254 g/mol. The zero-order valence-corrected chi connectivity index (χ0v) is 9.96. The van der Waals surface area contributed by atoms with E-state index in [1.54, 1.807) is 6.08 Å². The lowest BCUT2D eigenvalue weighted by Crippen LogP contribution is -2.02. The molecule has 1 atom stereocenters. The summed E-state index contributed by atoms with van der Waals surface area (Å²) < 4.78 is 6.73. The third kappa shape index (κ3) is 3.28. The van der Waals surface area contributed by atoms with Gasteiger partial charge in [0.15, 0.2) is 0 Å². The van der Waals surface area contributed by atoms with Gasteiger partial charge in [-0.2, -0.15) is 0 Å². The molecule has 0 aliphatic heterocycles. The van der Waals surface area contributed by atoms with Gasteiger partial charge in [-0.15, -0.1) is 6.58 Å². The SMILES string of the molecule is C=CCOC(CC)c1ccc(Br)cc1. The second-order valence-electron chi connectivity index (χ2n) is 3.07. The van der Waals surface area contributed by atoms with E-state index in [9.17, 15) is 0 Å². The highest BCUT2D eigenvalue weighted by Crippen LogP contribution is 2.22. The molecule has 0 fully saturated rings. The molecule has 76 valence electrons. The van der Waals surface area contributed by atoms with Crippen molar-refractivity contribution in [1.82, 2.24) is 0 Å². The maximum atomic E-state index is 5.63. The topological polar surface area (TPSA) is 9.23 Å². The van der Waals surface area contributed by atoms with Crippen LogP contribution in [0.1, 0.15) is 25.0 Å². The quantitative estimate of drug-likeness (QED) is 0.719. The summed E-state index contributed by atoms with van der Waals surface area (Å²) in [6, 6.07) is 8.24. The number of ether oxygens (including phenoxy) is 1. The lowest BCUT2D eigenvalue weighted by Gasteiger charge is -2.15. The molecule has 0 aliphatic carbocycles. The number of hydrogen-bond acceptors (Lipinski definition) is 1. The average molecular weight is 255 g/mol. The van der Waals surface area contributed by atoms with E-state index in [1.165, 1.54) is 5.56 Å². The maximum Gasteiger partial charge on any atom is 0.0826 e. The molecule has 0 aliphatic rings. The van der Waals surface area contributed by atoms with E-state index in [2.05, 4.69) is 41.6 Å². The molecule has 0 saturated carbocycles. The summed E-state index contributed by atoms with van der Waals surface area (Å²) in [7, 11) is 0.